The molecular weight excluding hydrogens is 303 g/mol. The quantitative estimate of drug-likeness (QED) is 0.771. The predicted molar refractivity (Wildman–Crippen MR) is 70.8 cm³/mol. The van der Waals surface area contributed by atoms with Crippen molar-refractivity contribution in [2.45, 2.75) is 19.4 Å². The van der Waals surface area contributed by atoms with Crippen LogP contribution in [0.1, 0.15) is 23.7 Å². The standard InChI is InChI=1S/C12H15FN2O5S/c1-9-2-4-19-5-3-15(9)12(16)10-6-11(8-14-7-10)20-21(13,17)18/h6-9H,2-5H2,1H3. The minimum absolute atomic E-state index is 0.0190. The van der Waals surface area contributed by atoms with Crippen molar-refractivity contribution < 1.29 is 26.0 Å². The van der Waals surface area contributed by atoms with Crippen molar-refractivity contribution in [2.24, 2.45) is 0 Å². The van der Waals surface area contributed by atoms with Gasteiger partial charge in [0, 0.05) is 25.4 Å². The Labute approximate surface area is 122 Å². The van der Waals surface area contributed by atoms with Gasteiger partial charge in [-0.1, -0.05) is 3.89 Å². The van der Waals surface area contributed by atoms with Crippen molar-refractivity contribution >= 4 is 16.4 Å². The molecule has 1 aromatic rings. The lowest BCUT2D eigenvalue weighted by Gasteiger charge is -2.26. The Balaban J connectivity index is 2.20. The topological polar surface area (TPSA) is 85.8 Å². The van der Waals surface area contributed by atoms with Crippen molar-refractivity contribution in [3.8, 4) is 5.75 Å². The summed E-state index contributed by atoms with van der Waals surface area (Å²) in [6, 6.07) is 1.12. The number of amides is 1. The van der Waals surface area contributed by atoms with Gasteiger partial charge in [-0.2, -0.15) is 8.42 Å². The molecule has 1 unspecified atom stereocenters. The van der Waals surface area contributed by atoms with Crippen molar-refractivity contribution in [2.75, 3.05) is 19.8 Å². The number of halogens is 1. The molecule has 116 valence electrons. The molecule has 1 amide bonds. The Kier molecular flexibility index (Phi) is 4.73. The molecule has 2 rings (SSSR count). The first-order valence-electron chi connectivity index (χ1n) is 6.34. The van der Waals surface area contributed by atoms with E-state index in [0.29, 0.717) is 26.2 Å². The van der Waals surface area contributed by atoms with E-state index in [0.717, 1.165) is 12.3 Å². The maximum Gasteiger partial charge on any atom is 0.488 e. The molecule has 1 saturated heterocycles. The molecule has 9 heteroatoms. The molecule has 1 atom stereocenters. The number of nitrogens with zero attached hydrogens (tertiary/aromatic N) is 2. The maximum atomic E-state index is 12.5. The molecule has 0 aliphatic carbocycles. The van der Waals surface area contributed by atoms with Crippen molar-refractivity contribution in [3.63, 3.8) is 0 Å². The number of carbonyl (C=O) groups is 1. The average Bonchev–Trinajstić information content (AvgIpc) is 2.61. The fourth-order valence-corrected chi connectivity index (χ4v) is 2.38. The third-order valence-corrected chi connectivity index (χ3v) is 3.50. The van der Waals surface area contributed by atoms with Crippen LogP contribution in [0.5, 0.6) is 5.75 Å². The summed E-state index contributed by atoms with van der Waals surface area (Å²) < 4.78 is 42.8. The summed E-state index contributed by atoms with van der Waals surface area (Å²) >= 11 is 0. The van der Waals surface area contributed by atoms with Gasteiger partial charge in [-0.3, -0.25) is 9.78 Å². The maximum absolute atomic E-state index is 12.5. The first kappa shape index (κ1) is 15.6. The molecule has 0 radical (unpaired) electrons. The normalized spacial score (nSPS) is 19.9. The molecule has 1 aliphatic heterocycles. The van der Waals surface area contributed by atoms with Gasteiger partial charge in [0.05, 0.1) is 18.4 Å². The second-order valence-corrected chi connectivity index (χ2v) is 5.59. The molecule has 1 fully saturated rings. The third kappa shape index (κ3) is 4.36. The summed E-state index contributed by atoms with van der Waals surface area (Å²) in [5.74, 6) is -0.677. The monoisotopic (exact) mass is 318 g/mol. The van der Waals surface area contributed by atoms with Crippen LogP contribution >= 0.6 is 0 Å². The average molecular weight is 318 g/mol. The van der Waals surface area contributed by atoms with Gasteiger partial charge in [-0.25, -0.2) is 0 Å². The lowest BCUT2D eigenvalue weighted by atomic mass is 10.1. The first-order chi connectivity index (χ1) is 9.87. The first-order valence-corrected chi connectivity index (χ1v) is 7.65. The van der Waals surface area contributed by atoms with Crippen molar-refractivity contribution in [1.29, 1.82) is 0 Å². The second kappa shape index (κ2) is 6.35. The highest BCUT2D eigenvalue weighted by Crippen LogP contribution is 2.18. The van der Waals surface area contributed by atoms with Gasteiger partial charge in [0.25, 0.3) is 5.91 Å². The lowest BCUT2D eigenvalue weighted by Crippen LogP contribution is -2.39. The molecule has 7 nitrogen and oxygen atoms in total. The summed E-state index contributed by atoms with van der Waals surface area (Å²) in [5, 5.41) is 0. The zero-order valence-electron chi connectivity index (χ0n) is 11.4. The molecule has 1 aromatic heterocycles. The smallest absolute Gasteiger partial charge is 0.380 e. The molecular formula is C12H15FN2O5S. The minimum Gasteiger partial charge on any atom is -0.380 e. The molecule has 21 heavy (non-hydrogen) atoms. The van der Waals surface area contributed by atoms with Crippen molar-refractivity contribution in [1.82, 2.24) is 9.88 Å². The predicted octanol–water partition coefficient (Wildman–Crippen LogP) is 0.926. The fraction of sp³-hybridized carbons (Fsp3) is 0.500. The van der Waals surface area contributed by atoms with Crippen LogP contribution in [0, 0.1) is 0 Å². The number of rotatable bonds is 3. The van der Waals surface area contributed by atoms with E-state index >= 15 is 0 Å². The molecule has 0 bridgehead atoms. The minimum atomic E-state index is -5.15. The van der Waals surface area contributed by atoms with Crippen LogP contribution in [-0.2, 0) is 15.2 Å². The highest BCUT2D eigenvalue weighted by atomic mass is 32.3. The van der Waals surface area contributed by atoms with Gasteiger partial charge in [0.1, 0.15) is 0 Å². The summed E-state index contributed by atoms with van der Waals surface area (Å²) in [5.41, 5.74) is 0.130. The zero-order valence-corrected chi connectivity index (χ0v) is 12.2. The largest absolute Gasteiger partial charge is 0.488 e. The number of hydrogen-bond acceptors (Lipinski definition) is 6. The highest BCUT2D eigenvalue weighted by molar-refractivity contribution is 7.81. The Bertz CT molecular complexity index is 622. The number of pyridine rings is 1. The van der Waals surface area contributed by atoms with E-state index in [1.807, 2.05) is 6.92 Å². The van der Waals surface area contributed by atoms with E-state index in [1.165, 1.54) is 6.20 Å². The van der Waals surface area contributed by atoms with E-state index in [9.17, 15) is 17.1 Å². The fourth-order valence-electron chi connectivity index (χ4n) is 2.06. The molecule has 2 heterocycles. The van der Waals surface area contributed by atoms with Gasteiger partial charge in [-0.05, 0) is 19.4 Å². The summed E-state index contributed by atoms with van der Waals surface area (Å²) in [6.45, 7) is 3.32. The van der Waals surface area contributed by atoms with E-state index < -0.39 is 10.5 Å². The number of hydrogen-bond donors (Lipinski definition) is 0. The Morgan fingerprint density at radius 3 is 2.95 bits per heavy atom. The van der Waals surface area contributed by atoms with Crippen LogP contribution in [0.25, 0.3) is 0 Å². The number of aromatic nitrogens is 1. The van der Waals surface area contributed by atoms with Gasteiger partial charge in [-0.15, -0.1) is 0 Å². The van der Waals surface area contributed by atoms with Crippen LogP contribution in [0.15, 0.2) is 18.5 Å². The van der Waals surface area contributed by atoms with Gasteiger partial charge in [0.2, 0.25) is 0 Å². The number of carbonyl (C=O) groups excluding carboxylic acids is 1. The second-order valence-electron chi connectivity index (χ2n) is 4.63. The van der Waals surface area contributed by atoms with Gasteiger partial charge < -0.3 is 13.8 Å². The molecule has 0 spiro atoms. The lowest BCUT2D eigenvalue weighted by molar-refractivity contribution is 0.0686. The molecule has 0 aromatic carbocycles. The van der Waals surface area contributed by atoms with E-state index in [1.54, 1.807) is 4.90 Å². The SMILES string of the molecule is CC1CCOCCN1C(=O)c1cncc(OS(=O)(=O)F)c1. The van der Waals surface area contributed by atoms with E-state index in [4.69, 9.17) is 4.74 Å². The highest BCUT2D eigenvalue weighted by Gasteiger charge is 2.24. The molecule has 0 saturated carbocycles. The Hall–Kier alpha value is -1.74. The van der Waals surface area contributed by atoms with Crippen LogP contribution in [0.4, 0.5) is 3.89 Å². The Morgan fingerprint density at radius 2 is 2.24 bits per heavy atom. The van der Waals surface area contributed by atoms with E-state index in [-0.39, 0.29) is 23.3 Å². The van der Waals surface area contributed by atoms with Crippen LogP contribution in [-0.4, -0.2) is 50.0 Å². The summed E-state index contributed by atoms with van der Waals surface area (Å²) in [7, 11) is -5.15. The Morgan fingerprint density at radius 1 is 1.48 bits per heavy atom. The van der Waals surface area contributed by atoms with Crippen LogP contribution in [0.3, 0.4) is 0 Å². The van der Waals surface area contributed by atoms with E-state index in [2.05, 4.69) is 9.17 Å². The number of ether oxygens (including phenoxy) is 1. The summed E-state index contributed by atoms with van der Waals surface area (Å²) in [4.78, 5) is 17.7. The molecule has 1 aliphatic rings. The molecule has 0 N–H and O–H groups in total. The zero-order chi connectivity index (χ0) is 15.5. The van der Waals surface area contributed by atoms with Crippen molar-refractivity contribution in [3.05, 3.63) is 24.0 Å². The van der Waals surface area contributed by atoms with Gasteiger partial charge in [0.15, 0.2) is 5.75 Å². The van der Waals surface area contributed by atoms with Gasteiger partial charge >= 0.3 is 10.5 Å². The van der Waals surface area contributed by atoms with Crippen LogP contribution < -0.4 is 4.18 Å². The summed E-state index contributed by atoms with van der Waals surface area (Å²) in [6.07, 6.45) is 3.00. The third-order valence-electron chi connectivity index (χ3n) is 3.11. The van der Waals surface area contributed by atoms with Crippen LogP contribution in [0.2, 0.25) is 0 Å².